The molecule has 0 unspecified atom stereocenters. The van der Waals surface area contributed by atoms with Crippen molar-refractivity contribution in [2.45, 2.75) is 63.2 Å². The summed E-state index contributed by atoms with van der Waals surface area (Å²) in [7, 11) is -0.827. The second kappa shape index (κ2) is 16.9. The number of hydrogen-bond donors (Lipinski definition) is 2. The fourth-order valence-electron chi connectivity index (χ4n) is 5.45. The van der Waals surface area contributed by atoms with Gasteiger partial charge in [-0.15, -0.1) is 0 Å². The largest absolute Gasteiger partial charge is 0.497 e. The molecule has 260 valence electrons. The Labute approximate surface area is 283 Å². The Bertz CT molecular complexity index is 1620. The Hall–Kier alpha value is -4.04. The number of pyridine rings is 1. The molecule has 0 radical (unpaired) electrons. The van der Waals surface area contributed by atoms with E-state index >= 15 is 0 Å². The molecule has 2 heterocycles. The van der Waals surface area contributed by atoms with Gasteiger partial charge < -0.3 is 29.5 Å². The molecule has 0 spiro atoms. The van der Waals surface area contributed by atoms with Crippen molar-refractivity contribution < 1.29 is 37.3 Å². The van der Waals surface area contributed by atoms with Crippen molar-refractivity contribution in [2.24, 2.45) is 5.92 Å². The van der Waals surface area contributed by atoms with E-state index in [1.165, 1.54) is 43.0 Å². The third kappa shape index (κ3) is 9.31. The van der Waals surface area contributed by atoms with Gasteiger partial charge in [0.05, 0.1) is 42.4 Å². The summed E-state index contributed by atoms with van der Waals surface area (Å²) < 4.78 is 46.0. The van der Waals surface area contributed by atoms with E-state index in [4.69, 9.17) is 14.2 Å². The van der Waals surface area contributed by atoms with Gasteiger partial charge in [-0.3, -0.25) is 14.6 Å². The van der Waals surface area contributed by atoms with Gasteiger partial charge in [0.15, 0.2) is 0 Å². The molecule has 1 aliphatic rings. The van der Waals surface area contributed by atoms with Crippen LogP contribution < -0.4 is 14.8 Å². The number of aliphatic hydroxyl groups is 1. The third-order valence-corrected chi connectivity index (χ3v) is 10.3. The molecule has 4 rings (SSSR count). The highest BCUT2D eigenvalue weighted by Gasteiger charge is 2.32. The molecule has 0 aliphatic carbocycles. The van der Waals surface area contributed by atoms with Crippen LogP contribution in [0.4, 0.5) is 5.69 Å². The summed E-state index contributed by atoms with van der Waals surface area (Å²) in [6.07, 6.45) is 4.47. The number of benzene rings is 2. The molecule has 0 saturated carbocycles. The van der Waals surface area contributed by atoms with Crippen LogP contribution in [-0.4, -0.2) is 98.2 Å². The Balaban J connectivity index is 1.64. The molecule has 3 aromatic rings. The van der Waals surface area contributed by atoms with Crippen molar-refractivity contribution in [1.29, 1.82) is 0 Å². The third-order valence-electron chi connectivity index (χ3n) is 8.46. The Morgan fingerprint density at radius 3 is 2.50 bits per heavy atom. The molecule has 2 amide bonds. The average Bonchev–Trinajstić information content (AvgIpc) is 3.09. The van der Waals surface area contributed by atoms with Crippen molar-refractivity contribution >= 4 is 27.5 Å². The number of aliphatic hydroxyl groups excluding tert-OH is 1. The van der Waals surface area contributed by atoms with E-state index in [-0.39, 0.29) is 48.1 Å². The van der Waals surface area contributed by atoms with E-state index in [0.29, 0.717) is 35.8 Å². The Morgan fingerprint density at radius 1 is 1.12 bits per heavy atom. The van der Waals surface area contributed by atoms with Gasteiger partial charge in [0.2, 0.25) is 10.0 Å². The van der Waals surface area contributed by atoms with Gasteiger partial charge >= 0.3 is 0 Å². The van der Waals surface area contributed by atoms with Crippen LogP contribution in [0.3, 0.4) is 0 Å². The molecule has 48 heavy (non-hydrogen) atoms. The van der Waals surface area contributed by atoms with E-state index in [2.05, 4.69) is 10.3 Å². The number of likely N-dealkylation sites (N-methyl/N-ethyl adjacent to an activating group) is 1. The standard InChI is InChI=1S/C35H46N4O8S/c1-24-21-39(25(2)23-40)35(42)31-20-28(37-34(41)27-15-17-36-18-16-27)9-14-32(31)47-26(3)8-6-7-19-46-33(24)22-38(4)48(43,44)30-12-10-29(45-5)11-13-30/h9-18,20,24-26,33,40H,6-8,19,21-23H2,1-5H3,(H,37,41)/t24-,25+,26-,33-/m1/s1. The second-order valence-electron chi connectivity index (χ2n) is 12.2. The lowest BCUT2D eigenvalue weighted by molar-refractivity contribution is -0.00834. The topological polar surface area (TPSA) is 148 Å². The molecule has 2 aromatic carbocycles. The Morgan fingerprint density at radius 2 is 1.83 bits per heavy atom. The van der Waals surface area contributed by atoms with Gasteiger partial charge in [-0.2, -0.15) is 4.31 Å². The van der Waals surface area contributed by atoms with Crippen molar-refractivity contribution in [3.05, 3.63) is 78.1 Å². The number of amides is 2. The SMILES string of the molecule is COc1ccc(S(=O)(=O)N(C)C[C@H]2OCCCC[C@@H](C)Oc3ccc(NC(=O)c4ccncc4)cc3C(=O)N([C@@H](C)CO)C[C@H]2C)cc1. The monoisotopic (exact) mass is 682 g/mol. The predicted octanol–water partition coefficient (Wildman–Crippen LogP) is 4.46. The number of aromatic nitrogens is 1. The zero-order valence-electron chi connectivity index (χ0n) is 28.2. The van der Waals surface area contributed by atoms with E-state index < -0.39 is 28.1 Å². The number of nitrogens with one attached hydrogen (secondary N) is 1. The lowest BCUT2D eigenvalue weighted by Crippen LogP contribution is -2.48. The number of fused-ring (bicyclic) bond motifs is 1. The number of methoxy groups -OCH3 is 1. The van der Waals surface area contributed by atoms with Crippen molar-refractivity contribution in [3.8, 4) is 11.5 Å². The van der Waals surface area contributed by atoms with Crippen LogP contribution in [0.5, 0.6) is 11.5 Å². The molecule has 2 N–H and O–H groups in total. The van der Waals surface area contributed by atoms with Crippen LogP contribution in [0.1, 0.15) is 60.7 Å². The summed E-state index contributed by atoms with van der Waals surface area (Å²) in [5.74, 6) is -0.180. The molecule has 0 fully saturated rings. The van der Waals surface area contributed by atoms with Crippen LogP contribution >= 0.6 is 0 Å². The summed E-state index contributed by atoms with van der Waals surface area (Å²) in [4.78, 5) is 32.9. The first-order valence-electron chi connectivity index (χ1n) is 16.1. The molecule has 13 heteroatoms. The van der Waals surface area contributed by atoms with E-state index in [1.807, 2.05) is 13.8 Å². The average molecular weight is 683 g/mol. The minimum Gasteiger partial charge on any atom is -0.497 e. The van der Waals surface area contributed by atoms with Gasteiger partial charge in [-0.05, 0) is 87.7 Å². The van der Waals surface area contributed by atoms with E-state index in [9.17, 15) is 23.1 Å². The fourth-order valence-corrected chi connectivity index (χ4v) is 6.63. The smallest absolute Gasteiger partial charge is 0.258 e. The zero-order valence-corrected chi connectivity index (χ0v) is 29.0. The number of ether oxygens (including phenoxy) is 3. The number of carbonyl (C=O) groups excluding carboxylic acids is 2. The predicted molar refractivity (Wildman–Crippen MR) is 182 cm³/mol. The van der Waals surface area contributed by atoms with Crippen LogP contribution in [0, 0.1) is 5.92 Å². The van der Waals surface area contributed by atoms with Crippen LogP contribution in [0.25, 0.3) is 0 Å². The number of nitrogens with zero attached hydrogens (tertiary/aromatic N) is 3. The second-order valence-corrected chi connectivity index (χ2v) is 14.2. The molecular formula is C35H46N4O8S. The molecule has 4 atom stereocenters. The van der Waals surface area contributed by atoms with Gasteiger partial charge in [-0.25, -0.2) is 8.42 Å². The van der Waals surface area contributed by atoms with Crippen molar-refractivity contribution in [3.63, 3.8) is 0 Å². The number of carbonyl (C=O) groups is 2. The highest BCUT2D eigenvalue weighted by atomic mass is 32.2. The number of anilines is 1. The minimum atomic E-state index is -3.85. The summed E-state index contributed by atoms with van der Waals surface area (Å²) in [6.45, 7) is 5.87. The zero-order chi connectivity index (χ0) is 34.8. The van der Waals surface area contributed by atoms with Crippen LogP contribution in [-0.2, 0) is 14.8 Å². The molecule has 12 nitrogen and oxygen atoms in total. The van der Waals surface area contributed by atoms with E-state index in [1.54, 1.807) is 54.3 Å². The fraction of sp³-hybridized carbons (Fsp3) is 0.457. The lowest BCUT2D eigenvalue weighted by Gasteiger charge is -2.35. The van der Waals surface area contributed by atoms with Gasteiger partial charge in [0.25, 0.3) is 11.8 Å². The lowest BCUT2D eigenvalue weighted by atomic mass is 10.0. The summed E-state index contributed by atoms with van der Waals surface area (Å²) in [6, 6.07) is 13.7. The Kier molecular flexibility index (Phi) is 12.9. The number of rotatable bonds is 9. The van der Waals surface area contributed by atoms with Crippen LogP contribution in [0.15, 0.2) is 71.9 Å². The quantitative estimate of drug-likeness (QED) is 0.334. The summed E-state index contributed by atoms with van der Waals surface area (Å²) in [5.41, 5.74) is 1.05. The highest BCUT2D eigenvalue weighted by molar-refractivity contribution is 7.89. The maximum atomic E-state index is 14.3. The van der Waals surface area contributed by atoms with Crippen molar-refractivity contribution in [2.75, 3.05) is 45.8 Å². The molecular weight excluding hydrogens is 636 g/mol. The number of hydrogen-bond acceptors (Lipinski definition) is 9. The van der Waals surface area contributed by atoms with Crippen LogP contribution in [0.2, 0.25) is 0 Å². The maximum Gasteiger partial charge on any atom is 0.258 e. The highest BCUT2D eigenvalue weighted by Crippen LogP contribution is 2.29. The maximum absolute atomic E-state index is 14.3. The molecule has 0 saturated heterocycles. The molecule has 1 aliphatic heterocycles. The number of sulfonamides is 1. The first kappa shape index (κ1) is 36.8. The molecule has 0 bridgehead atoms. The summed E-state index contributed by atoms with van der Waals surface area (Å²) >= 11 is 0. The normalized spacial score (nSPS) is 20.3. The first-order chi connectivity index (χ1) is 22.9. The van der Waals surface area contributed by atoms with E-state index in [0.717, 1.165) is 12.8 Å². The van der Waals surface area contributed by atoms with Gasteiger partial charge in [0, 0.05) is 56.3 Å². The molecule has 1 aromatic heterocycles. The summed E-state index contributed by atoms with van der Waals surface area (Å²) in [5, 5.41) is 13.1. The van der Waals surface area contributed by atoms with Gasteiger partial charge in [-0.1, -0.05) is 6.92 Å². The first-order valence-corrected chi connectivity index (χ1v) is 17.5. The minimum absolute atomic E-state index is 0.0480. The van der Waals surface area contributed by atoms with Gasteiger partial charge in [0.1, 0.15) is 11.5 Å². The van der Waals surface area contributed by atoms with Crippen molar-refractivity contribution in [1.82, 2.24) is 14.2 Å².